The monoisotopic (exact) mass is 282 g/mol. The van der Waals surface area contributed by atoms with Gasteiger partial charge in [0.15, 0.2) is 11.5 Å². The van der Waals surface area contributed by atoms with Crippen molar-refractivity contribution >= 4 is 5.91 Å². The summed E-state index contributed by atoms with van der Waals surface area (Å²) in [6.45, 7) is 1.95. The highest BCUT2D eigenvalue weighted by molar-refractivity contribution is 5.83. The zero-order valence-corrected chi connectivity index (χ0v) is 11.9. The number of primary amides is 1. The number of aliphatic hydroxyl groups is 1. The molecule has 0 aromatic heterocycles. The number of hydrogen-bond donors (Lipinski definition) is 3. The second-order valence-electron chi connectivity index (χ2n) is 4.88. The molecule has 1 unspecified atom stereocenters. The number of amides is 1. The summed E-state index contributed by atoms with van der Waals surface area (Å²) in [7, 11) is 1.54. The van der Waals surface area contributed by atoms with E-state index in [0.717, 1.165) is 5.56 Å². The van der Waals surface area contributed by atoms with Crippen molar-refractivity contribution in [2.75, 3.05) is 13.7 Å². The van der Waals surface area contributed by atoms with Crippen molar-refractivity contribution in [3.63, 3.8) is 0 Å². The minimum Gasteiger partial charge on any atom is -0.493 e. The lowest BCUT2D eigenvalue weighted by molar-refractivity contribution is -0.122. The average molecular weight is 282 g/mol. The Morgan fingerprint density at radius 1 is 1.40 bits per heavy atom. The molecule has 0 bridgehead atoms. The highest BCUT2D eigenvalue weighted by atomic mass is 16.5. The predicted molar refractivity (Wildman–Crippen MR) is 75.4 cm³/mol. The van der Waals surface area contributed by atoms with Gasteiger partial charge < -0.3 is 26.0 Å². The first-order valence-corrected chi connectivity index (χ1v) is 6.40. The van der Waals surface area contributed by atoms with Gasteiger partial charge in [0.05, 0.1) is 25.9 Å². The smallest absolute Gasteiger partial charge is 0.237 e. The van der Waals surface area contributed by atoms with Crippen LogP contribution in [0, 0.1) is 0 Å². The van der Waals surface area contributed by atoms with E-state index in [1.807, 2.05) is 0 Å². The summed E-state index contributed by atoms with van der Waals surface area (Å²) in [5, 5.41) is 9.05. The maximum absolute atomic E-state index is 11.1. The predicted octanol–water partition coefficient (Wildman–Crippen LogP) is 0.549. The van der Waals surface area contributed by atoms with Crippen LogP contribution in [0.5, 0.6) is 11.5 Å². The Morgan fingerprint density at radius 2 is 2.10 bits per heavy atom. The van der Waals surface area contributed by atoms with Gasteiger partial charge in [-0.15, -0.1) is 0 Å². The highest BCUT2D eigenvalue weighted by Crippen LogP contribution is 2.28. The first-order valence-electron chi connectivity index (χ1n) is 6.40. The van der Waals surface area contributed by atoms with Gasteiger partial charge in [0.2, 0.25) is 5.91 Å². The molecule has 1 rings (SSSR count). The van der Waals surface area contributed by atoms with E-state index < -0.39 is 11.4 Å². The zero-order valence-electron chi connectivity index (χ0n) is 11.9. The number of carbonyl (C=O) groups is 1. The molecule has 0 fully saturated rings. The van der Waals surface area contributed by atoms with Crippen LogP contribution in [0.2, 0.25) is 0 Å². The van der Waals surface area contributed by atoms with Crippen molar-refractivity contribution in [3.05, 3.63) is 23.8 Å². The van der Waals surface area contributed by atoms with E-state index in [0.29, 0.717) is 30.9 Å². The highest BCUT2D eigenvalue weighted by Gasteiger charge is 2.24. The van der Waals surface area contributed by atoms with Gasteiger partial charge >= 0.3 is 0 Å². The maximum Gasteiger partial charge on any atom is 0.237 e. The number of ether oxygens (including phenoxy) is 2. The summed E-state index contributed by atoms with van der Waals surface area (Å²) >= 11 is 0. The fourth-order valence-corrected chi connectivity index (χ4v) is 1.67. The first-order chi connectivity index (χ1) is 9.40. The minimum atomic E-state index is -1.02. The lowest BCUT2D eigenvalue weighted by Gasteiger charge is -2.20. The Morgan fingerprint density at radius 3 is 2.65 bits per heavy atom. The molecule has 1 atom stereocenters. The molecule has 112 valence electrons. The third kappa shape index (κ3) is 4.40. The van der Waals surface area contributed by atoms with Crippen LogP contribution in [0.4, 0.5) is 0 Å². The number of carbonyl (C=O) groups excluding carboxylic acids is 1. The number of nitrogens with two attached hydrogens (primary N) is 2. The number of benzene rings is 1. The number of aliphatic hydroxyl groups excluding tert-OH is 1. The Kier molecular flexibility index (Phi) is 5.79. The topological polar surface area (TPSA) is 108 Å². The maximum atomic E-state index is 11.1. The normalized spacial score (nSPS) is 13.6. The lowest BCUT2D eigenvalue weighted by Crippen LogP contribution is -2.49. The van der Waals surface area contributed by atoms with Crippen LogP contribution in [0.3, 0.4) is 0 Å². The molecule has 0 radical (unpaired) electrons. The van der Waals surface area contributed by atoms with Gasteiger partial charge in [0.1, 0.15) is 0 Å². The van der Waals surface area contributed by atoms with E-state index >= 15 is 0 Å². The van der Waals surface area contributed by atoms with Crippen molar-refractivity contribution in [1.82, 2.24) is 0 Å². The minimum absolute atomic E-state index is 0.0548. The van der Waals surface area contributed by atoms with Crippen LogP contribution in [0.15, 0.2) is 18.2 Å². The summed E-state index contributed by atoms with van der Waals surface area (Å²) in [5.74, 6) is 0.617. The van der Waals surface area contributed by atoms with Crippen molar-refractivity contribution in [3.8, 4) is 11.5 Å². The largest absolute Gasteiger partial charge is 0.493 e. The van der Waals surface area contributed by atoms with E-state index in [1.54, 1.807) is 25.1 Å². The van der Waals surface area contributed by atoms with Crippen LogP contribution in [0.1, 0.15) is 25.3 Å². The number of methoxy groups -OCH3 is 1. The second-order valence-corrected chi connectivity index (χ2v) is 4.88. The lowest BCUT2D eigenvalue weighted by atomic mass is 9.97. The molecule has 5 N–H and O–H groups in total. The van der Waals surface area contributed by atoms with Crippen molar-refractivity contribution in [1.29, 1.82) is 0 Å². The molecular weight excluding hydrogens is 260 g/mol. The van der Waals surface area contributed by atoms with Crippen LogP contribution >= 0.6 is 0 Å². The van der Waals surface area contributed by atoms with Gasteiger partial charge in [0.25, 0.3) is 0 Å². The standard InChI is InChI=1S/C14H22N2O4/c1-14(16,13(15)18)6-3-7-20-11-5-4-10(9-17)8-12(11)19-2/h4-5,8,17H,3,6-7,9,16H2,1-2H3,(H2,15,18). The molecule has 0 saturated heterocycles. The number of hydrogen-bond acceptors (Lipinski definition) is 5. The molecule has 0 aliphatic rings. The second kappa shape index (κ2) is 7.12. The van der Waals surface area contributed by atoms with Crippen LogP contribution in [-0.4, -0.2) is 30.3 Å². The van der Waals surface area contributed by atoms with E-state index in [9.17, 15) is 4.79 Å². The quantitative estimate of drug-likeness (QED) is 0.603. The van der Waals surface area contributed by atoms with Gasteiger partial charge in [-0.1, -0.05) is 6.07 Å². The molecule has 6 heteroatoms. The Labute approximate surface area is 118 Å². The van der Waals surface area contributed by atoms with E-state index in [4.69, 9.17) is 26.0 Å². The number of rotatable bonds is 8. The molecule has 0 heterocycles. The molecule has 20 heavy (non-hydrogen) atoms. The van der Waals surface area contributed by atoms with Gasteiger partial charge in [-0.05, 0) is 37.5 Å². The summed E-state index contributed by atoms with van der Waals surface area (Å²) < 4.78 is 10.8. The molecule has 0 spiro atoms. The van der Waals surface area contributed by atoms with Crippen molar-refractivity contribution in [2.45, 2.75) is 31.9 Å². The molecule has 1 aromatic rings. The van der Waals surface area contributed by atoms with Crippen LogP contribution < -0.4 is 20.9 Å². The van der Waals surface area contributed by atoms with E-state index in [2.05, 4.69) is 0 Å². The molecule has 6 nitrogen and oxygen atoms in total. The zero-order chi connectivity index (χ0) is 15.2. The van der Waals surface area contributed by atoms with Crippen LogP contribution in [0.25, 0.3) is 0 Å². The fraction of sp³-hybridized carbons (Fsp3) is 0.500. The average Bonchev–Trinajstić information content (AvgIpc) is 2.43. The third-order valence-corrected chi connectivity index (χ3v) is 3.07. The Balaban J connectivity index is 2.52. The van der Waals surface area contributed by atoms with Gasteiger partial charge in [0, 0.05) is 0 Å². The van der Waals surface area contributed by atoms with Crippen molar-refractivity contribution in [2.24, 2.45) is 11.5 Å². The fourth-order valence-electron chi connectivity index (χ4n) is 1.67. The summed E-state index contributed by atoms with van der Waals surface area (Å²) in [5.41, 5.74) is 10.7. The summed E-state index contributed by atoms with van der Waals surface area (Å²) in [6, 6.07) is 5.21. The van der Waals surface area contributed by atoms with Crippen LogP contribution in [-0.2, 0) is 11.4 Å². The first kappa shape index (κ1) is 16.3. The molecule has 0 aliphatic heterocycles. The molecule has 1 amide bonds. The van der Waals surface area contributed by atoms with Crippen molar-refractivity contribution < 1.29 is 19.4 Å². The Hall–Kier alpha value is -1.79. The van der Waals surface area contributed by atoms with Gasteiger partial charge in [-0.25, -0.2) is 0 Å². The SMILES string of the molecule is COc1cc(CO)ccc1OCCCC(C)(N)C(N)=O. The molecule has 0 saturated carbocycles. The van der Waals surface area contributed by atoms with Gasteiger partial charge in [-0.2, -0.15) is 0 Å². The molecule has 0 aliphatic carbocycles. The summed E-state index contributed by atoms with van der Waals surface area (Å²) in [4.78, 5) is 11.1. The van der Waals surface area contributed by atoms with Gasteiger partial charge in [-0.3, -0.25) is 4.79 Å². The third-order valence-electron chi connectivity index (χ3n) is 3.07. The van der Waals surface area contributed by atoms with E-state index in [1.165, 1.54) is 7.11 Å². The summed E-state index contributed by atoms with van der Waals surface area (Å²) in [6.07, 6.45) is 1.04. The molecular formula is C14H22N2O4. The Bertz CT molecular complexity index is 460. The molecule has 1 aromatic carbocycles. The van der Waals surface area contributed by atoms with E-state index in [-0.39, 0.29) is 6.61 Å².